The van der Waals surface area contributed by atoms with Crippen molar-refractivity contribution >= 4 is 5.97 Å². The van der Waals surface area contributed by atoms with E-state index in [-0.39, 0.29) is 30.0 Å². The largest absolute Gasteiger partial charge is 0.462 e. The Balaban J connectivity index is 1.37. The van der Waals surface area contributed by atoms with Crippen LogP contribution in [-0.2, 0) is 32.2 Å². The molecule has 0 N–H and O–H groups in total. The number of hydrogen-bond donors (Lipinski definition) is 0. The summed E-state index contributed by atoms with van der Waals surface area (Å²) in [5.41, 5.74) is 2.31. The third-order valence-corrected chi connectivity index (χ3v) is 5.38. The summed E-state index contributed by atoms with van der Waals surface area (Å²) in [4.78, 5) is 11.7. The zero-order chi connectivity index (χ0) is 17.8. The molecule has 1 heterocycles. The molecule has 4 atom stereocenters. The fraction of sp³-hybridized carbons (Fsp3) is 0.409. The molecule has 2 aromatic carbocycles. The van der Waals surface area contributed by atoms with E-state index in [1.165, 1.54) is 0 Å². The third kappa shape index (κ3) is 3.97. The fourth-order valence-electron chi connectivity index (χ4n) is 4.04. The third-order valence-electron chi connectivity index (χ3n) is 5.38. The molecule has 0 aromatic heterocycles. The summed E-state index contributed by atoms with van der Waals surface area (Å²) in [6.07, 6.45) is 1.29. The van der Waals surface area contributed by atoms with Crippen molar-refractivity contribution in [3.63, 3.8) is 0 Å². The molecule has 4 rings (SSSR count). The Hall–Kier alpha value is -2.17. The summed E-state index contributed by atoms with van der Waals surface area (Å²) >= 11 is 0. The van der Waals surface area contributed by atoms with Gasteiger partial charge in [-0.15, -0.1) is 0 Å². The highest BCUT2D eigenvalue weighted by Crippen LogP contribution is 2.43. The quantitative estimate of drug-likeness (QED) is 0.712. The average molecular weight is 352 g/mol. The predicted molar refractivity (Wildman–Crippen MR) is 97.2 cm³/mol. The van der Waals surface area contributed by atoms with Crippen molar-refractivity contribution in [2.75, 3.05) is 6.61 Å². The number of hydrogen-bond acceptors (Lipinski definition) is 4. The van der Waals surface area contributed by atoms with E-state index in [0.29, 0.717) is 26.2 Å². The van der Waals surface area contributed by atoms with Crippen LogP contribution in [0.1, 0.15) is 24.0 Å². The highest BCUT2D eigenvalue weighted by molar-refractivity contribution is 5.72. The van der Waals surface area contributed by atoms with Gasteiger partial charge in [0, 0.05) is 18.3 Å². The van der Waals surface area contributed by atoms with Gasteiger partial charge in [-0.2, -0.15) is 0 Å². The molecule has 26 heavy (non-hydrogen) atoms. The fourth-order valence-corrected chi connectivity index (χ4v) is 4.04. The molecular weight excluding hydrogens is 328 g/mol. The molecule has 2 aromatic rings. The SMILES string of the molecule is O=C1CC2C(CC(OCc3ccccc3)C2COCc2ccccc2)O1. The van der Waals surface area contributed by atoms with Gasteiger partial charge in [0.05, 0.1) is 32.3 Å². The number of fused-ring (bicyclic) bond motifs is 1. The normalized spacial score (nSPS) is 27.3. The number of rotatable bonds is 7. The average Bonchev–Trinajstić information content (AvgIpc) is 3.18. The van der Waals surface area contributed by atoms with Gasteiger partial charge in [0.2, 0.25) is 0 Å². The molecule has 4 nitrogen and oxygen atoms in total. The van der Waals surface area contributed by atoms with Gasteiger partial charge >= 0.3 is 5.97 Å². The number of carbonyl (C=O) groups excluding carboxylic acids is 1. The van der Waals surface area contributed by atoms with Crippen molar-refractivity contribution < 1.29 is 19.0 Å². The van der Waals surface area contributed by atoms with E-state index in [2.05, 4.69) is 24.3 Å². The summed E-state index contributed by atoms with van der Waals surface area (Å²) in [6.45, 7) is 1.75. The van der Waals surface area contributed by atoms with E-state index in [1.807, 2.05) is 36.4 Å². The number of esters is 1. The van der Waals surface area contributed by atoms with Crippen molar-refractivity contribution in [3.8, 4) is 0 Å². The first-order chi connectivity index (χ1) is 12.8. The summed E-state index contributed by atoms with van der Waals surface area (Å²) < 4.78 is 17.7. The molecule has 2 aliphatic rings. The topological polar surface area (TPSA) is 44.8 Å². The predicted octanol–water partition coefficient (Wildman–Crippen LogP) is 3.74. The molecule has 1 saturated heterocycles. The maximum absolute atomic E-state index is 11.7. The number of carbonyl (C=O) groups is 1. The molecule has 2 fully saturated rings. The minimum atomic E-state index is -0.0884. The van der Waals surface area contributed by atoms with Crippen molar-refractivity contribution in [2.24, 2.45) is 11.8 Å². The van der Waals surface area contributed by atoms with Crippen molar-refractivity contribution in [1.82, 2.24) is 0 Å². The Morgan fingerprint density at radius 2 is 1.58 bits per heavy atom. The van der Waals surface area contributed by atoms with Gasteiger partial charge in [0.25, 0.3) is 0 Å². The molecule has 0 radical (unpaired) electrons. The van der Waals surface area contributed by atoms with Crippen LogP contribution >= 0.6 is 0 Å². The number of benzene rings is 2. The smallest absolute Gasteiger partial charge is 0.306 e. The highest BCUT2D eigenvalue weighted by atomic mass is 16.6. The Bertz CT molecular complexity index is 715. The molecule has 0 amide bonds. The van der Waals surface area contributed by atoms with E-state index in [9.17, 15) is 4.79 Å². The van der Waals surface area contributed by atoms with Gasteiger partial charge in [-0.1, -0.05) is 60.7 Å². The van der Waals surface area contributed by atoms with Crippen molar-refractivity contribution in [1.29, 1.82) is 0 Å². The second kappa shape index (κ2) is 8.02. The Labute approximate surface area is 154 Å². The van der Waals surface area contributed by atoms with Crippen LogP contribution in [0.5, 0.6) is 0 Å². The molecule has 136 valence electrons. The minimum absolute atomic E-state index is 0.0198. The van der Waals surface area contributed by atoms with Gasteiger partial charge in [0.15, 0.2) is 0 Å². The summed E-state index contributed by atoms with van der Waals surface area (Å²) in [5.74, 6) is 0.312. The molecule has 1 saturated carbocycles. The first-order valence-corrected chi connectivity index (χ1v) is 9.26. The summed E-state index contributed by atoms with van der Waals surface area (Å²) in [7, 11) is 0. The molecule has 1 aliphatic heterocycles. The van der Waals surface area contributed by atoms with Gasteiger partial charge < -0.3 is 14.2 Å². The van der Waals surface area contributed by atoms with Crippen LogP contribution in [0.2, 0.25) is 0 Å². The lowest BCUT2D eigenvalue weighted by Crippen LogP contribution is -2.27. The molecule has 1 aliphatic carbocycles. The van der Waals surface area contributed by atoms with Crippen LogP contribution in [0.15, 0.2) is 60.7 Å². The molecule has 4 unspecified atom stereocenters. The molecule has 4 heteroatoms. The number of ether oxygens (including phenoxy) is 3. The monoisotopic (exact) mass is 352 g/mol. The lowest BCUT2D eigenvalue weighted by molar-refractivity contribution is -0.142. The Morgan fingerprint density at radius 3 is 2.27 bits per heavy atom. The van der Waals surface area contributed by atoms with E-state index in [1.54, 1.807) is 0 Å². The lowest BCUT2D eigenvalue weighted by Gasteiger charge is -2.23. The van der Waals surface area contributed by atoms with Gasteiger partial charge in [0.1, 0.15) is 6.10 Å². The van der Waals surface area contributed by atoms with Gasteiger partial charge in [-0.3, -0.25) is 4.79 Å². The van der Waals surface area contributed by atoms with Crippen molar-refractivity contribution in [2.45, 2.75) is 38.3 Å². The molecule has 0 bridgehead atoms. The second-order valence-electron chi connectivity index (χ2n) is 7.13. The standard InChI is InChI=1S/C22H24O4/c23-22-11-18-19(15-24-13-16-7-3-1-4-8-16)20(12-21(18)26-22)25-14-17-9-5-2-6-10-17/h1-10,18-21H,11-15H2. The second-order valence-corrected chi connectivity index (χ2v) is 7.13. The molecular formula is C22H24O4. The van der Waals surface area contributed by atoms with Crippen LogP contribution in [0, 0.1) is 11.8 Å². The Kier molecular flexibility index (Phi) is 5.32. The summed E-state index contributed by atoms with van der Waals surface area (Å²) in [6, 6.07) is 20.3. The van der Waals surface area contributed by atoms with Crippen LogP contribution in [0.4, 0.5) is 0 Å². The molecule has 0 spiro atoms. The Morgan fingerprint density at radius 1 is 0.923 bits per heavy atom. The lowest BCUT2D eigenvalue weighted by atomic mass is 9.93. The van der Waals surface area contributed by atoms with Crippen LogP contribution < -0.4 is 0 Å². The first-order valence-electron chi connectivity index (χ1n) is 9.26. The van der Waals surface area contributed by atoms with Gasteiger partial charge in [-0.05, 0) is 11.1 Å². The maximum Gasteiger partial charge on any atom is 0.306 e. The van der Waals surface area contributed by atoms with Crippen LogP contribution in [0.25, 0.3) is 0 Å². The van der Waals surface area contributed by atoms with Crippen LogP contribution in [-0.4, -0.2) is 24.8 Å². The highest BCUT2D eigenvalue weighted by Gasteiger charge is 2.50. The van der Waals surface area contributed by atoms with Gasteiger partial charge in [-0.25, -0.2) is 0 Å². The van der Waals surface area contributed by atoms with Crippen molar-refractivity contribution in [3.05, 3.63) is 71.8 Å². The maximum atomic E-state index is 11.7. The van der Waals surface area contributed by atoms with E-state index in [0.717, 1.165) is 17.5 Å². The first kappa shape index (κ1) is 17.3. The summed E-state index contributed by atoms with van der Waals surface area (Å²) in [5, 5.41) is 0. The van der Waals surface area contributed by atoms with E-state index >= 15 is 0 Å². The minimum Gasteiger partial charge on any atom is -0.462 e. The zero-order valence-electron chi connectivity index (χ0n) is 14.8. The van der Waals surface area contributed by atoms with E-state index < -0.39 is 0 Å². The van der Waals surface area contributed by atoms with E-state index in [4.69, 9.17) is 14.2 Å². The zero-order valence-corrected chi connectivity index (χ0v) is 14.8. The van der Waals surface area contributed by atoms with Crippen LogP contribution in [0.3, 0.4) is 0 Å².